The summed E-state index contributed by atoms with van der Waals surface area (Å²) in [6.45, 7) is 4.97. The molecule has 0 saturated heterocycles. The zero-order chi connectivity index (χ0) is 55.0. The summed E-state index contributed by atoms with van der Waals surface area (Å²) in [5.41, 5.74) is 0. The zero-order valence-corrected chi connectivity index (χ0v) is 51.8. The SMILES string of the molecule is CCCCCCCCCCCCCCCCC(=O)OCCCCCCCCCCCCCCCC/C=C\CCCCCCCCCCCCCCCCCCCC(=O)NC(CO)C(O)CCCCCCCCCCCC. The molecule has 0 bridgehead atoms. The Hall–Kier alpha value is -1.40. The third-order valence-electron chi connectivity index (χ3n) is 16.6. The minimum Gasteiger partial charge on any atom is -0.466 e. The van der Waals surface area contributed by atoms with E-state index >= 15 is 0 Å². The third kappa shape index (κ3) is 61.8. The number of amides is 1. The lowest BCUT2D eigenvalue weighted by Crippen LogP contribution is -2.45. The van der Waals surface area contributed by atoms with Crippen LogP contribution in [0.2, 0.25) is 0 Å². The summed E-state index contributed by atoms with van der Waals surface area (Å²) in [6, 6.07) is -0.536. The normalized spacial score (nSPS) is 12.5. The summed E-state index contributed by atoms with van der Waals surface area (Å²) in [4.78, 5) is 24.5. The highest BCUT2D eigenvalue weighted by molar-refractivity contribution is 5.76. The van der Waals surface area contributed by atoms with Gasteiger partial charge in [-0.05, 0) is 51.4 Å². The molecule has 0 fully saturated rings. The molecule has 0 heterocycles. The molecule has 0 aromatic heterocycles. The van der Waals surface area contributed by atoms with Gasteiger partial charge in [0.05, 0.1) is 25.4 Å². The molecule has 6 heteroatoms. The van der Waals surface area contributed by atoms with Crippen molar-refractivity contribution >= 4 is 11.9 Å². The van der Waals surface area contributed by atoms with Crippen molar-refractivity contribution in [3.05, 3.63) is 12.2 Å². The van der Waals surface area contributed by atoms with Crippen LogP contribution in [-0.2, 0) is 14.3 Å². The van der Waals surface area contributed by atoms with Crippen LogP contribution >= 0.6 is 0 Å². The zero-order valence-electron chi connectivity index (χ0n) is 51.8. The fourth-order valence-corrected chi connectivity index (χ4v) is 11.2. The Morgan fingerprint density at radius 1 is 0.355 bits per heavy atom. The van der Waals surface area contributed by atoms with Crippen molar-refractivity contribution in [2.45, 2.75) is 411 Å². The van der Waals surface area contributed by atoms with Crippen LogP contribution in [0.15, 0.2) is 12.2 Å². The fraction of sp³-hybridized carbons (Fsp3) is 0.943. The summed E-state index contributed by atoms with van der Waals surface area (Å²) < 4.78 is 5.50. The number of esters is 1. The highest BCUT2D eigenvalue weighted by atomic mass is 16.5. The molecule has 0 aliphatic carbocycles. The molecule has 0 aromatic carbocycles. The first kappa shape index (κ1) is 74.6. The van der Waals surface area contributed by atoms with Gasteiger partial charge in [0.25, 0.3) is 0 Å². The summed E-state index contributed by atoms with van der Waals surface area (Å²) in [7, 11) is 0. The average molecular weight is 1070 g/mol. The predicted octanol–water partition coefficient (Wildman–Crippen LogP) is 22.4. The van der Waals surface area contributed by atoms with Crippen molar-refractivity contribution in [1.29, 1.82) is 0 Å². The first-order chi connectivity index (χ1) is 37.5. The number of carbonyl (C=O) groups excluding carboxylic acids is 2. The van der Waals surface area contributed by atoms with Crippen LogP contribution in [0.1, 0.15) is 399 Å². The minimum absolute atomic E-state index is 0.0232. The van der Waals surface area contributed by atoms with Gasteiger partial charge in [0.1, 0.15) is 0 Å². The Morgan fingerprint density at radius 2 is 0.618 bits per heavy atom. The summed E-state index contributed by atoms with van der Waals surface area (Å²) in [5, 5.41) is 23.2. The number of unbranched alkanes of at least 4 members (excludes halogenated alkanes) is 53. The maximum absolute atomic E-state index is 12.4. The molecule has 2 atom stereocenters. The molecule has 0 aliphatic heterocycles. The van der Waals surface area contributed by atoms with E-state index in [2.05, 4.69) is 31.3 Å². The van der Waals surface area contributed by atoms with Crippen LogP contribution in [0.5, 0.6) is 0 Å². The largest absolute Gasteiger partial charge is 0.466 e. The van der Waals surface area contributed by atoms with Crippen molar-refractivity contribution in [3.8, 4) is 0 Å². The number of aliphatic hydroxyl groups is 2. The molecule has 0 rings (SSSR count). The number of hydrogen-bond acceptors (Lipinski definition) is 5. The van der Waals surface area contributed by atoms with Crippen LogP contribution in [-0.4, -0.2) is 47.4 Å². The summed E-state index contributed by atoms with van der Waals surface area (Å²) >= 11 is 0. The van der Waals surface area contributed by atoms with Crippen LogP contribution in [0.3, 0.4) is 0 Å². The van der Waals surface area contributed by atoms with Gasteiger partial charge in [-0.2, -0.15) is 0 Å². The lowest BCUT2D eigenvalue weighted by atomic mass is 10.0. The van der Waals surface area contributed by atoms with Gasteiger partial charge in [0.15, 0.2) is 0 Å². The second-order valence-corrected chi connectivity index (χ2v) is 24.2. The number of rotatable bonds is 66. The number of ether oxygens (including phenoxy) is 1. The lowest BCUT2D eigenvalue weighted by molar-refractivity contribution is -0.143. The molecule has 76 heavy (non-hydrogen) atoms. The van der Waals surface area contributed by atoms with E-state index in [9.17, 15) is 19.8 Å². The van der Waals surface area contributed by atoms with Gasteiger partial charge in [-0.1, -0.05) is 347 Å². The average Bonchev–Trinajstić information content (AvgIpc) is 3.42. The van der Waals surface area contributed by atoms with Crippen molar-refractivity contribution < 1.29 is 24.5 Å². The monoisotopic (exact) mass is 1070 g/mol. The molecular formula is C70H137NO5. The lowest BCUT2D eigenvalue weighted by Gasteiger charge is -2.22. The Labute approximate surface area is 476 Å². The molecule has 0 aliphatic rings. The first-order valence-electron chi connectivity index (χ1n) is 34.9. The van der Waals surface area contributed by atoms with Gasteiger partial charge >= 0.3 is 5.97 Å². The van der Waals surface area contributed by atoms with Gasteiger partial charge in [-0.25, -0.2) is 0 Å². The highest BCUT2D eigenvalue weighted by Gasteiger charge is 2.20. The van der Waals surface area contributed by atoms with Crippen molar-refractivity contribution in [2.75, 3.05) is 13.2 Å². The maximum atomic E-state index is 12.4. The van der Waals surface area contributed by atoms with Crippen LogP contribution in [0.25, 0.3) is 0 Å². The summed E-state index contributed by atoms with van der Waals surface area (Å²) in [5.74, 6) is -0.00774. The molecule has 6 nitrogen and oxygen atoms in total. The minimum atomic E-state index is -0.659. The smallest absolute Gasteiger partial charge is 0.305 e. The predicted molar refractivity (Wildman–Crippen MR) is 333 cm³/mol. The Kier molecular flexibility index (Phi) is 64.9. The van der Waals surface area contributed by atoms with E-state index in [1.165, 1.54) is 327 Å². The van der Waals surface area contributed by atoms with E-state index < -0.39 is 12.1 Å². The molecule has 1 amide bonds. The van der Waals surface area contributed by atoms with E-state index in [1.54, 1.807) is 0 Å². The topological polar surface area (TPSA) is 95.9 Å². The van der Waals surface area contributed by atoms with Gasteiger partial charge in [-0.3, -0.25) is 9.59 Å². The molecule has 0 radical (unpaired) electrons. The van der Waals surface area contributed by atoms with Crippen molar-refractivity contribution in [2.24, 2.45) is 0 Å². The highest BCUT2D eigenvalue weighted by Crippen LogP contribution is 2.19. The molecule has 0 saturated carbocycles. The maximum Gasteiger partial charge on any atom is 0.305 e. The van der Waals surface area contributed by atoms with Gasteiger partial charge in [0.2, 0.25) is 5.91 Å². The van der Waals surface area contributed by atoms with E-state index in [0.29, 0.717) is 25.9 Å². The number of nitrogens with one attached hydrogen (secondary N) is 1. The molecule has 452 valence electrons. The number of hydrogen-bond donors (Lipinski definition) is 3. The quantitative estimate of drug-likeness (QED) is 0.0320. The Morgan fingerprint density at radius 3 is 0.934 bits per heavy atom. The van der Waals surface area contributed by atoms with E-state index in [-0.39, 0.29) is 18.5 Å². The number of carbonyl (C=O) groups is 2. The van der Waals surface area contributed by atoms with Gasteiger partial charge in [-0.15, -0.1) is 0 Å². The molecule has 0 aromatic rings. The van der Waals surface area contributed by atoms with E-state index in [0.717, 1.165) is 38.5 Å². The fourth-order valence-electron chi connectivity index (χ4n) is 11.2. The standard InChI is InChI=1S/C70H137NO5/c1-3-5-7-9-11-13-15-16-41-44-48-52-56-60-64-70(75)76-65-61-57-53-49-45-42-39-37-35-33-31-29-27-25-23-21-19-17-18-20-22-24-26-28-30-32-34-36-38-40-43-47-51-55-59-63-69(74)71-67(66-72)68(73)62-58-54-50-46-14-12-10-8-6-4-2/h19,21,67-68,72-73H,3-18,20,22-66H2,1-2H3,(H,71,74)/b21-19-. The van der Waals surface area contributed by atoms with Crippen LogP contribution < -0.4 is 5.32 Å². The third-order valence-corrected chi connectivity index (χ3v) is 16.6. The Bertz CT molecular complexity index is 1140. The Balaban J connectivity index is 3.30. The molecule has 2 unspecified atom stereocenters. The van der Waals surface area contributed by atoms with E-state index in [1.807, 2.05) is 0 Å². The second kappa shape index (κ2) is 66.1. The van der Waals surface area contributed by atoms with Gasteiger partial charge in [0, 0.05) is 12.8 Å². The first-order valence-corrected chi connectivity index (χ1v) is 34.9. The van der Waals surface area contributed by atoms with E-state index in [4.69, 9.17) is 4.74 Å². The van der Waals surface area contributed by atoms with Crippen LogP contribution in [0.4, 0.5) is 0 Å². The number of aliphatic hydroxyl groups excluding tert-OH is 2. The summed E-state index contributed by atoms with van der Waals surface area (Å²) in [6.07, 6.45) is 81.4. The molecule has 3 N–H and O–H groups in total. The van der Waals surface area contributed by atoms with Gasteiger partial charge < -0.3 is 20.3 Å². The van der Waals surface area contributed by atoms with Crippen molar-refractivity contribution in [3.63, 3.8) is 0 Å². The molecule has 0 spiro atoms. The number of allylic oxidation sites excluding steroid dienone is 2. The van der Waals surface area contributed by atoms with Crippen LogP contribution in [0, 0.1) is 0 Å². The van der Waals surface area contributed by atoms with Crippen molar-refractivity contribution in [1.82, 2.24) is 5.32 Å². The second-order valence-electron chi connectivity index (χ2n) is 24.2. The molecular weight excluding hydrogens is 935 g/mol.